The van der Waals surface area contributed by atoms with Crippen molar-refractivity contribution in [3.63, 3.8) is 0 Å². The molecule has 0 aromatic carbocycles. The number of rotatable bonds is 3. The highest BCUT2D eigenvalue weighted by atomic mass is 32.1. The van der Waals surface area contributed by atoms with Crippen LogP contribution in [0.2, 0.25) is 0 Å². The van der Waals surface area contributed by atoms with Gasteiger partial charge in [0.15, 0.2) is 10.2 Å². The van der Waals surface area contributed by atoms with Gasteiger partial charge >= 0.3 is 6.09 Å². The van der Waals surface area contributed by atoms with Crippen molar-refractivity contribution >= 4 is 29.0 Å². The van der Waals surface area contributed by atoms with Crippen LogP contribution in [0.3, 0.4) is 0 Å². The number of thiazole rings is 1. The highest BCUT2D eigenvalue weighted by Crippen LogP contribution is 2.29. The quantitative estimate of drug-likeness (QED) is 0.864. The Morgan fingerprint density at radius 1 is 1.35 bits per heavy atom. The summed E-state index contributed by atoms with van der Waals surface area (Å²) in [6.07, 6.45) is -0.510. The molecule has 7 nitrogen and oxygen atoms in total. The number of ether oxygens (including phenoxy) is 3. The fourth-order valence-electron chi connectivity index (χ4n) is 1.02. The number of hydrogen-bond donors (Lipinski definition) is 1. The minimum absolute atomic E-state index is 0.375. The first-order valence-electron chi connectivity index (χ1n) is 5.71. The predicted molar refractivity (Wildman–Crippen MR) is 76.3 cm³/mol. The zero-order valence-electron chi connectivity index (χ0n) is 12.5. The van der Waals surface area contributed by atoms with Gasteiger partial charge in [0.2, 0.25) is 0 Å². The minimum atomic E-state index is -0.513. The van der Waals surface area contributed by atoms with E-state index in [0.717, 1.165) is 5.69 Å². The predicted octanol–water partition coefficient (Wildman–Crippen LogP) is 2.60. The lowest BCUT2D eigenvalue weighted by atomic mass is 10.2. The van der Waals surface area contributed by atoms with Gasteiger partial charge in [-0.25, -0.2) is 9.78 Å². The Kier molecular flexibility index (Phi) is 7.60. The maximum absolute atomic E-state index is 11.4. The van der Waals surface area contributed by atoms with E-state index in [1.165, 1.54) is 18.4 Å². The molecule has 0 atom stereocenters. The molecule has 1 heterocycles. The summed E-state index contributed by atoms with van der Waals surface area (Å²) in [4.78, 5) is 24.5. The monoisotopic (exact) mass is 304 g/mol. The molecule has 1 rings (SSSR count). The molecule has 8 heteroatoms. The largest absolute Gasteiger partial charge is 0.486 e. The number of carbonyl (C=O) groups excluding carboxylic acids is 2. The van der Waals surface area contributed by atoms with Gasteiger partial charge < -0.3 is 14.2 Å². The number of nitrogens with one attached hydrogen (secondary N) is 1. The van der Waals surface area contributed by atoms with Crippen LogP contribution in [0.4, 0.5) is 9.93 Å². The Hall–Kier alpha value is -1.83. The molecule has 0 aliphatic rings. The molecule has 0 saturated carbocycles. The van der Waals surface area contributed by atoms with E-state index in [-0.39, 0.29) is 0 Å². The second kappa shape index (κ2) is 8.36. The third-order valence-electron chi connectivity index (χ3n) is 1.64. The zero-order valence-corrected chi connectivity index (χ0v) is 13.3. The van der Waals surface area contributed by atoms with Gasteiger partial charge in [-0.2, -0.15) is 0 Å². The Balaban J connectivity index is 0.000000796. The Bertz CT molecular complexity index is 440. The van der Waals surface area contributed by atoms with Crippen molar-refractivity contribution < 1.29 is 23.8 Å². The van der Waals surface area contributed by atoms with Crippen LogP contribution in [0.1, 0.15) is 26.5 Å². The van der Waals surface area contributed by atoms with Gasteiger partial charge in [0.25, 0.3) is 6.47 Å². The molecule has 0 aliphatic carbocycles. The first-order chi connectivity index (χ1) is 9.23. The number of methoxy groups -OCH3 is 2. The SMILES string of the molecule is COC=O.COc1sc(NC(=O)OC(C)(C)C)nc1C. The van der Waals surface area contributed by atoms with Gasteiger partial charge in [0.05, 0.1) is 19.9 Å². The number of aryl methyl sites for hydroxylation is 1. The van der Waals surface area contributed by atoms with Crippen molar-refractivity contribution in [3.05, 3.63) is 5.69 Å². The highest BCUT2D eigenvalue weighted by molar-refractivity contribution is 7.17. The van der Waals surface area contributed by atoms with E-state index in [9.17, 15) is 4.79 Å². The standard InChI is InChI=1S/C10H16N2O3S.C2H4O2/c1-6-7(14-5)16-8(11-6)12-9(13)15-10(2,3)4;1-4-2-3/h1-5H3,(H,11,12,13);2H,1H3. The molecule has 1 aromatic rings. The lowest BCUT2D eigenvalue weighted by Gasteiger charge is -2.18. The van der Waals surface area contributed by atoms with Crippen LogP contribution in [-0.4, -0.2) is 37.4 Å². The van der Waals surface area contributed by atoms with Crippen molar-refractivity contribution in [1.29, 1.82) is 0 Å². The summed E-state index contributed by atoms with van der Waals surface area (Å²) in [7, 11) is 2.88. The molecule has 1 aromatic heterocycles. The Labute approximate surface area is 122 Å². The van der Waals surface area contributed by atoms with Gasteiger partial charge in [-0.05, 0) is 27.7 Å². The van der Waals surface area contributed by atoms with Crippen molar-refractivity contribution in [2.24, 2.45) is 0 Å². The third-order valence-corrected chi connectivity index (χ3v) is 2.68. The molecule has 0 unspecified atom stereocenters. The van der Waals surface area contributed by atoms with Crippen LogP contribution in [0, 0.1) is 6.92 Å². The third kappa shape index (κ3) is 7.57. The number of hydrogen-bond acceptors (Lipinski definition) is 7. The molecule has 0 saturated heterocycles. The molecule has 0 radical (unpaired) electrons. The van der Waals surface area contributed by atoms with Crippen molar-refractivity contribution in [3.8, 4) is 5.06 Å². The van der Waals surface area contributed by atoms with E-state index in [1.54, 1.807) is 27.9 Å². The van der Waals surface area contributed by atoms with Crippen molar-refractivity contribution in [1.82, 2.24) is 4.98 Å². The number of anilines is 1. The van der Waals surface area contributed by atoms with Crippen LogP contribution in [-0.2, 0) is 14.3 Å². The lowest BCUT2D eigenvalue weighted by Crippen LogP contribution is -2.27. The number of aromatic nitrogens is 1. The fourth-order valence-corrected chi connectivity index (χ4v) is 1.79. The van der Waals surface area contributed by atoms with Crippen LogP contribution in [0.5, 0.6) is 5.06 Å². The van der Waals surface area contributed by atoms with E-state index < -0.39 is 11.7 Å². The maximum atomic E-state index is 11.4. The molecule has 0 bridgehead atoms. The Morgan fingerprint density at radius 3 is 2.25 bits per heavy atom. The van der Waals surface area contributed by atoms with Crippen LogP contribution >= 0.6 is 11.3 Å². The summed E-state index contributed by atoms with van der Waals surface area (Å²) in [5.41, 5.74) is 0.235. The van der Waals surface area contributed by atoms with Crippen molar-refractivity contribution in [2.75, 3.05) is 19.5 Å². The van der Waals surface area contributed by atoms with Gasteiger partial charge in [-0.1, -0.05) is 11.3 Å². The molecular weight excluding hydrogens is 284 g/mol. The number of carbonyl (C=O) groups is 2. The van der Waals surface area contributed by atoms with Gasteiger partial charge in [0.1, 0.15) is 5.60 Å². The molecule has 0 fully saturated rings. The second-order valence-corrected chi connectivity index (χ2v) is 5.52. The number of amides is 1. The van der Waals surface area contributed by atoms with Crippen LogP contribution in [0.25, 0.3) is 0 Å². The van der Waals surface area contributed by atoms with Crippen molar-refractivity contribution in [2.45, 2.75) is 33.3 Å². The average Bonchev–Trinajstić information content (AvgIpc) is 2.67. The highest BCUT2D eigenvalue weighted by Gasteiger charge is 2.18. The van der Waals surface area contributed by atoms with Crippen LogP contribution in [0.15, 0.2) is 0 Å². The number of nitrogens with zero attached hydrogens (tertiary/aromatic N) is 1. The molecule has 1 N–H and O–H groups in total. The molecule has 20 heavy (non-hydrogen) atoms. The Morgan fingerprint density at radius 2 is 1.90 bits per heavy atom. The summed E-state index contributed by atoms with van der Waals surface area (Å²) in [5.74, 6) is 0. The molecule has 0 aliphatic heterocycles. The lowest BCUT2D eigenvalue weighted by molar-refractivity contribution is -0.126. The van der Waals surface area contributed by atoms with Gasteiger partial charge in [-0.3, -0.25) is 10.1 Å². The van der Waals surface area contributed by atoms with Gasteiger partial charge in [-0.15, -0.1) is 0 Å². The normalized spacial score (nSPS) is 9.90. The topological polar surface area (TPSA) is 86.8 Å². The van der Waals surface area contributed by atoms with E-state index in [4.69, 9.17) is 14.3 Å². The first-order valence-corrected chi connectivity index (χ1v) is 6.53. The molecule has 0 spiro atoms. The van der Waals surface area contributed by atoms with E-state index in [2.05, 4.69) is 15.0 Å². The summed E-state index contributed by atoms with van der Waals surface area (Å²) < 4.78 is 14.0. The first kappa shape index (κ1) is 18.2. The minimum Gasteiger partial charge on any atom is -0.486 e. The van der Waals surface area contributed by atoms with Crippen LogP contribution < -0.4 is 10.1 Å². The maximum Gasteiger partial charge on any atom is 0.413 e. The second-order valence-electron chi connectivity index (χ2n) is 4.55. The smallest absolute Gasteiger partial charge is 0.413 e. The van der Waals surface area contributed by atoms with Gasteiger partial charge in [0, 0.05) is 0 Å². The molecule has 114 valence electrons. The molecular formula is C12H20N2O5S. The average molecular weight is 304 g/mol. The zero-order chi connectivity index (χ0) is 15.8. The van der Waals surface area contributed by atoms with E-state index in [1.807, 2.05) is 6.92 Å². The summed E-state index contributed by atoms with van der Waals surface area (Å²) >= 11 is 1.27. The summed E-state index contributed by atoms with van der Waals surface area (Å²) in [6.45, 7) is 7.61. The summed E-state index contributed by atoms with van der Waals surface area (Å²) in [5, 5.41) is 3.72. The van der Waals surface area contributed by atoms with E-state index in [0.29, 0.717) is 16.7 Å². The summed E-state index contributed by atoms with van der Waals surface area (Å²) in [6, 6.07) is 0. The van der Waals surface area contributed by atoms with E-state index >= 15 is 0 Å². The molecule has 1 amide bonds. The fraction of sp³-hybridized carbons (Fsp3) is 0.583.